The number of hydrogen-bond donors (Lipinski definition) is 1. The molecule has 0 aliphatic carbocycles. The minimum absolute atomic E-state index is 0.615. The Hall–Kier alpha value is -1.39. The molecule has 18 heavy (non-hydrogen) atoms. The van der Waals surface area contributed by atoms with Crippen LogP contribution in [-0.2, 0) is 6.54 Å². The zero-order valence-electron chi connectivity index (χ0n) is 10.7. The van der Waals surface area contributed by atoms with E-state index < -0.39 is 0 Å². The second kappa shape index (κ2) is 5.98. The first-order valence-electron chi connectivity index (χ1n) is 6.08. The van der Waals surface area contributed by atoms with Gasteiger partial charge in [0.2, 0.25) is 0 Å². The zero-order valence-corrected chi connectivity index (χ0v) is 11.4. The molecule has 2 aromatic heterocycles. The topological polar surface area (TPSA) is 42.7 Å². The van der Waals surface area contributed by atoms with E-state index in [1.807, 2.05) is 13.0 Å². The third-order valence-electron chi connectivity index (χ3n) is 2.54. The first kappa shape index (κ1) is 13.1. The highest BCUT2D eigenvalue weighted by Gasteiger charge is 2.04. The van der Waals surface area contributed by atoms with Crippen LogP contribution in [0.25, 0.3) is 5.82 Å². The molecule has 0 aromatic carbocycles. The van der Waals surface area contributed by atoms with Gasteiger partial charge < -0.3 is 5.32 Å². The molecular weight excluding hydrogens is 248 g/mol. The van der Waals surface area contributed by atoms with Gasteiger partial charge in [-0.25, -0.2) is 9.67 Å². The van der Waals surface area contributed by atoms with Crippen LogP contribution in [0.2, 0.25) is 5.02 Å². The fourth-order valence-corrected chi connectivity index (χ4v) is 1.91. The van der Waals surface area contributed by atoms with Crippen LogP contribution in [0.3, 0.4) is 0 Å². The molecule has 96 valence electrons. The molecule has 0 radical (unpaired) electrons. The molecule has 1 N–H and O–H groups in total. The van der Waals surface area contributed by atoms with Crippen LogP contribution >= 0.6 is 11.6 Å². The van der Waals surface area contributed by atoms with Crippen LogP contribution in [-0.4, -0.2) is 21.3 Å². The molecule has 0 unspecified atom stereocenters. The standard InChI is InChI=1S/C13H17ClN4/c1-3-4-15-7-11-5-10(2)17-13(6-11)18-9-12(14)8-16-18/h5-6,8-9,15H,3-4,7H2,1-2H3. The summed E-state index contributed by atoms with van der Waals surface area (Å²) in [4.78, 5) is 4.46. The SMILES string of the molecule is CCCNCc1cc(C)nc(-n2cc(Cl)cn2)c1. The average Bonchev–Trinajstić information content (AvgIpc) is 2.76. The van der Waals surface area contributed by atoms with Crippen molar-refractivity contribution < 1.29 is 0 Å². The first-order valence-corrected chi connectivity index (χ1v) is 6.45. The van der Waals surface area contributed by atoms with E-state index in [0.717, 1.165) is 31.0 Å². The van der Waals surface area contributed by atoms with Crippen molar-refractivity contribution in [1.29, 1.82) is 0 Å². The number of nitrogens with one attached hydrogen (secondary N) is 1. The Balaban J connectivity index is 2.21. The number of aromatic nitrogens is 3. The summed E-state index contributed by atoms with van der Waals surface area (Å²) in [6, 6.07) is 4.11. The predicted molar refractivity (Wildman–Crippen MR) is 73.1 cm³/mol. The number of pyridine rings is 1. The second-order valence-corrected chi connectivity index (χ2v) is 4.69. The van der Waals surface area contributed by atoms with Crippen molar-refractivity contribution in [3.63, 3.8) is 0 Å². The van der Waals surface area contributed by atoms with Gasteiger partial charge in [0.1, 0.15) is 0 Å². The Bertz CT molecular complexity index is 521. The maximum atomic E-state index is 5.87. The Labute approximate surface area is 112 Å². The summed E-state index contributed by atoms with van der Waals surface area (Å²) in [5.74, 6) is 0.801. The minimum Gasteiger partial charge on any atom is -0.313 e. The molecule has 2 aromatic rings. The normalized spacial score (nSPS) is 10.8. The van der Waals surface area contributed by atoms with Gasteiger partial charge in [-0.05, 0) is 37.6 Å². The molecule has 4 nitrogen and oxygen atoms in total. The van der Waals surface area contributed by atoms with Crippen LogP contribution in [0, 0.1) is 6.92 Å². The van der Waals surface area contributed by atoms with Crippen molar-refractivity contribution in [2.75, 3.05) is 6.54 Å². The summed E-state index contributed by atoms with van der Waals surface area (Å²) in [7, 11) is 0. The van der Waals surface area contributed by atoms with Crippen molar-refractivity contribution in [3.05, 3.63) is 40.8 Å². The highest BCUT2D eigenvalue weighted by molar-refractivity contribution is 6.30. The Morgan fingerprint density at radius 3 is 2.89 bits per heavy atom. The predicted octanol–water partition coefficient (Wildman–Crippen LogP) is 2.73. The lowest BCUT2D eigenvalue weighted by atomic mass is 10.2. The Morgan fingerprint density at radius 2 is 2.22 bits per heavy atom. The molecule has 0 amide bonds. The van der Waals surface area contributed by atoms with Gasteiger partial charge in [0.15, 0.2) is 5.82 Å². The molecule has 0 saturated carbocycles. The number of aryl methyl sites for hydroxylation is 1. The van der Waals surface area contributed by atoms with E-state index in [4.69, 9.17) is 11.6 Å². The van der Waals surface area contributed by atoms with Crippen LogP contribution in [0.4, 0.5) is 0 Å². The maximum absolute atomic E-state index is 5.87. The number of halogens is 1. The molecule has 5 heteroatoms. The number of hydrogen-bond acceptors (Lipinski definition) is 3. The summed E-state index contributed by atoms with van der Waals surface area (Å²) < 4.78 is 1.69. The van der Waals surface area contributed by atoms with Gasteiger partial charge in [0.25, 0.3) is 0 Å². The van der Waals surface area contributed by atoms with Crippen LogP contribution in [0.1, 0.15) is 24.6 Å². The molecule has 0 aliphatic rings. The fourth-order valence-electron chi connectivity index (χ4n) is 1.78. The largest absolute Gasteiger partial charge is 0.313 e. The lowest BCUT2D eigenvalue weighted by Crippen LogP contribution is -2.14. The molecule has 2 heterocycles. The molecule has 0 fully saturated rings. The highest BCUT2D eigenvalue weighted by Crippen LogP contribution is 2.12. The minimum atomic E-state index is 0.615. The van der Waals surface area contributed by atoms with Gasteiger partial charge >= 0.3 is 0 Å². The number of rotatable bonds is 5. The smallest absolute Gasteiger partial charge is 0.153 e. The van der Waals surface area contributed by atoms with Crippen molar-refractivity contribution in [3.8, 4) is 5.82 Å². The van der Waals surface area contributed by atoms with Gasteiger partial charge in [-0.3, -0.25) is 0 Å². The van der Waals surface area contributed by atoms with E-state index in [1.54, 1.807) is 17.1 Å². The summed E-state index contributed by atoms with van der Waals surface area (Å²) in [5.41, 5.74) is 2.19. The van der Waals surface area contributed by atoms with E-state index >= 15 is 0 Å². The number of nitrogens with zero attached hydrogens (tertiary/aromatic N) is 3. The molecular formula is C13H17ClN4. The van der Waals surface area contributed by atoms with Crippen LogP contribution < -0.4 is 5.32 Å². The van der Waals surface area contributed by atoms with E-state index in [9.17, 15) is 0 Å². The lowest BCUT2D eigenvalue weighted by Gasteiger charge is -2.07. The maximum Gasteiger partial charge on any atom is 0.153 e. The summed E-state index contributed by atoms with van der Waals surface area (Å²) in [5, 5.41) is 8.16. The van der Waals surface area contributed by atoms with Crippen molar-refractivity contribution >= 4 is 11.6 Å². The van der Waals surface area contributed by atoms with Gasteiger partial charge in [-0.15, -0.1) is 0 Å². The molecule has 2 rings (SSSR count). The Morgan fingerprint density at radius 1 is 1.39 bits per heavy atom. The second-order valence-electron chi connectivity index (χ2n) is 4.25. The lowest BCUT2D eigenvalue weighted by molar-refractivity contribution is 0.673. The van der Waals surface area contributed by atoms with Gasteiger partial charge in [0.05, 0.1) is 17.4 Å². The molecule has 0 saturated heterocycles. The van der Waals surface area contributed by atoms with E-state index in [2.05, 4.69) is 28.4 Å². The van der Waals surface area contributed by atoms with Gasteiger partial charge in [-0.2, -0.15) is 5.10 Å². The molecule has 0 bridgehead atoms. The zero-order chi connectivity index (χ0) is 13.0. The fraction of sp³-hybridized carbons (Fsp3) is 0.385. The summed E-state index contributed by atoms with van der Waals surface area (Å²) >= 11 is 5.87. The van der Waals surface area contributed by atoms with Crippen LogP contribution in [0.15, 0.2) is 24.5 Å². The van der Waals surface area contributed by atoms with Gasteiger partial charge in [0, 0.05) is 12.2 Å². The van der Waals surface area contributed by atoms with E-state index in [1.165, 1.54) is 5.56 Å². The monoisotopic (exact) mass is 264 g/mol. The third kappa shape index (κ3) is 3.31. The average molecular weight is 265 g/mol. The first-order chi connectivity index (χ1) is 8.69. The van der Waals surface area contributed by atoms with Crippen molar-refractivity contribution in [2.45, 2.75) is 26.8 Å². The van der Waals surface area contributed by atoms with E-state index in [0.29, 0.717) is 5.02 Å². The molecule has 0 aliphatic heterocycles. The third-order valence-corrected chi connectivity index (χ3v) is 2.74. The summed E-state index contributed by atoms with van der Waals surface area (Å²) in [6.07, 6.45) is 4.50. The summed E-state index contributed by atoms with van der Waals surface area (Å²) in [6.45, 7) is 6.00. The highest BCUT2D eigenvalue weighted by atomic mass is 35.5. The van der Waals surface area contributed by atoms with E-state index in [-0.39, 0.29) is 0 Å². The quantitative estimate of drug-likeness (QED) is 0.845. The van der Waals surface area contributed by atoms with Gasteiger partial charge in [-0.1, -0.05) is 18.5 Å². The van der Waals surface area contributed by atoms with Crippen LogP contribution in [0.5, 0.6) is 0 Å². The molecule has 0 atom stereocenters. The van der Waals surface area contributed by atoms with Crippen molar-refractivity contribution in [1.82, 2.24) is 20.1 Å². The Kier molecular flexibility index (Phi) is 4.33. The van der Waals surface area contributed by atoms with Crippen molar-refractivity contribution in [2.24, 2.45) is 0 Å². The molecule has 0 spiro atoms.